The Bertz CT molecular complexity index is 769. The van der Waals surface area contributed by atoms with Crippen molar-refractivity contribution < 1.29 is 24.3 Å². The Morgan fingerprint density at radius 1 is 1.03 bits per heavy atom. The summed E-state index contributed by atoms with van der Waals surface area (Å²) in [5, 5.41) is 17.0. The number of nitrogens with two attached hydrogens (primary N) is 2. The van der Waals surface area contributed by atoms with Crippen LogP contribution in [0, 0.1) is 5.92 Å². The number of hydrogen-bond acceptors (Lipinski definition) is 7. The largest absolute Gasteiger partial charge is 0.480 e. The van der Waals surface area contributed by atoms with Gasteiger partial charge < -0.3 is 37.5 Å². The molecule has 12 nitrogen and oxygen atoms in total. The minimum Gasteiger partial charge on any atom is -0.480 e. The molecule has 0 aliphatic heterocycles. The molecule has 3 amide bonds. The number of aliphatic carboxylic acids is 1. The van der Waals surface area contributed by atoms with Crippen LogP contribution in [0.4, 0.5) is 0 Å². The lowest BCUT2D eigenvalue weighted by atomic mass is 10.0. The van der Waals surface area contributed by atoms with Gasteiger partial charge in [0.25, 0.3) is 0 Å². The first-order valence-corrected chi connectivity index (χ1v) is 11.1. The average Bonchev–Trinajstić information content (AvgIpc) is 3.25. The molecule has 0 fully saturated rings. The molecule has 0 radical (unpaired) electrons. The zero-order valence-corrected chi connectivity index (χ0v) is 19.5. The van der Waals surface area contributed by atoms with Crippen molar-refractivity contribution in [3.8, 4) is 0 Å². The molecule has 1 heterocycles. The first-order valence-electron chi connectivity index (χ1n) is 11.1. The van der Waals surface area contributed by atoms with Crippen molar-refractivity contribution in [3.05, 3.63) is 18.2 Å². The smallest absolute Gasteiger partial charge is 0.326 e. The van der Waals surface area contributed by atoms with Crippen molar-refractivity contribution in [1.82, 2.24) is 25.9 Å². The Kier molecular flexibility index (Phi) is 12.1. The number of aromatic nitrogens is 2. The summed E-state index contributed by atoms with van der Waals surface area (Å²) in [6, 6.07) is -3.87. The predicted octanol–water partition coefficient (Wildman–Crippen LogP) is -0.986. The van der Waals surface area contributed by atoms with Crippen molar-refractivity contribution in [3.63, 3.8) is 0 Å². The summed E-state index contributed by atoms with van der Waals surface area (Å²) in [5.74, 6) is -2.79. The van der Waals surface area contributed by atoms with E-state index < -0.39 is 47.9 Å². The molecule has 0 saturated carbocycles. The number of amides is 3. The summed E-state index contributed by atoms with van der Waals surface area (Å²) in [6.07, 6.45) is 5.13. The topological polar surface area (TPSA) is 205 Å². The van der Waals surface area contributed by atoms with Crippen LogP contribution >= 0.6 is 0 Å². The van der Waals surface area contributed by atoms with Gasteiger partial charge >= 0.3 is 5.97 Å². The van der Waals surface area contributed by atoms with Gasteiger partial charge in [0.05, 0.1) is 12.4 Å². The number of imidazole rings is 1. The van der Waals surface area contributed by atoms with E-state index in [0.29, 0.717) is 31.5 Å². The number of hydrogen-bond donors (Lipinski definition) is 7. The van der Waals surface area contributed by atoms with Crippen LogP contribution in [-0.4, -0.2) is 69.5 Å². The van der Waals surface area contributed by atoms with Gasteiger partial charge in [-0.3, -0.25) is 14.4 Å². The van der Waals surface area contributed by atoms with Crippen molar-refractivity contribution in [2.75, 3.05) is 6.54 Å². The molecule has 4 unspecified atom stereocenters. The number of carbonyl (C=O) groups excluding carboxylic acids is 3. The van der Waals surface area contributed by atoms with E-state index in [1.807, 2.05) is 13.8 Å². The van der Waals surface area contributed by atoms with Gasteiger partial charge in [0.15, 0.2) is 0 Å². The van der Waals surface area contributed by atoms with Crippen LogP contribution in [-0.2, 0) is 25.6 Å². The van der Waals surface area contributed by atoms with E-state index in [4.69, 9.17) is 11.5 Å². The summed E-state index contributed by atoms with van der Waals surface area (Å²) < 4.78 is 0. The highest BCUT2D eigenvalue weighted by Crippen LogP contribution is 2.07. The molecule has 0 aliphatic carbocycles. The molecule has 1 aromatic rings. The molecule has 0 aromatic carbocycles. The Balaban J connectivity index is 2.71. The van der Waals surface area contributed by atoms with Crippen LogP contribution in [0.25, 0.3) is 0 Å². The van der Waals surface area contributed by atoms with Gasteiger partial charge in [-0.25, -0.2) is 9.78 Å². The van der Waals surface area contributed by atoms with Crippen molar-refractivity contribution in [2.24, 2.45) is 17.4 Å². The average molecular weight is 468 g/mol. The lowest BCUT2D eigenvalue weighted by Crippen LogP contribution is -2.56. The maximum Gasteiger partial charge on any atom is 0.326 e. The third-order valence-electron chi connectivity index (χ3n) is 4.99. The standard InChI is InChI=1S/C21H37N7O5/c1-12(2)8-16(27-19(30)15(23)6-4-5-7-22)20(31)26-13(3)18(29)28-17(21(32)33)9-14-10-24-11-25-14/h10-13,15-17H,4-9,22-23H2,1-3H3,(H,24,25)(H,26,31)(H,27,30)(H,28,29)(H,32,33). The molecule has 0 spiro atoms. The van der Waals surface area contributed by atoms with Crippen molar-refractivity contribution >= 4 is 23.7 Å². The number of rotatable bonds is 15. The van der Waals surface area contributed by atoms with E-state index in [1.54, 1.807) is 0 Å². The second-order valence-corrected chi connectivity index (χ2v) is 8.49. The Hall–Kier alpha value is -2.99. The normalized spacial score (nSPS) is 14.7. The van der Waals surface area contributed by atoms with Gasteiger partial charge in [0.2, 0.25) is 17.7 Å². The number of carboxylic acid groups (broad SMARTS) is 1. The first-order chi connectivity index (χ1) is 15.5. The Morgan fingerprint density at radius 2 is 1.70 bits per heavy atom. The molecule has 0 aliphatic rings. The van der Waals surface area contributed by atoms with E-state index >= 15 is 0 Å². The van der Waals surface area contributed by atoms with Crippen LogP contribution < -0.4 is 27.4 Å². The molecule has 0 bridgehead atoms. The summed E-state index contributed by atoms with van der Waals surface area (Å²) in [6.45, 7) is 5.75. The monoisotopic (exact) mass is 467 g/mol. The van der Waals surface area contributed by atoms with Crippen LogP contribution in [0.1, 0.15) is 52.1 Å². The maximum atomic E-state index is 12.8. The summed E-state index contributed by atoms with van der Waals surface area (Å²) in [7, 11) is 0. The van der Waals surface area contributed by atoms with Crippen LogP contribution in [0.2, 0.25) is 0 Å². The van der Waals surface area contributed by atoms with Gasteiger partial charge in [-0.1, -0.05) is 20.3 Å². The zero-order chi connectivity index (χ0) is 25.0. The maximum absolute atomic E-state index is 12.8. The number of carboxylic acids is 1. The summed E-state index contributed by atoms with van der Waals surface area (Å²) in [4.78, 5) is 55.8. The van der Waals surface area contributed by atoms with E-state index in [9.17, 15) is 24.3 Å². The van der Waals surface area contributed by atoms with Gasteiger partial charge in [-0.15, -0.1) is 0 Å². The van der Waals surface area contributed by atoms with Crippen molar-refractivity contribution in [2.45, 2.75) is 77.0 Å². The van der Waals surface area contributed by atoms with Crippen LogP contribution in [0.15, 0.2) is 12.5 Å². The van der Waals surface area contributed by atoms with Crippen LogP contribution in [0.5, 0.6) is 0 Å². The fourth-order valence-electron chi connectivity index (χ4n) is 3.11. The summed E-state index contributed by atoms with van der Waals surface area (Å²) in [5.41, 5.74) is 11.9. The van der Waals surface area contributed by atoms with Gasteiger partial charge in [0, 0.05) is 18.3 Å². The highest BCUT2D eigenvalue weighted by molar-refractivity contribution is 5.93. The lowest BCUT2D eigenvalue weighted by molar-refractivity contribution is -0.142. The first kappa shape index (κ1) is 28.0. The van der Waals surface area contributed by atoms with E-state index in [2.05, 4.69) is 25.9 Å². The fourth-order valence-corrected chi connectivity index (χ4v) is 3.11. The zero-order valence-electron chi connectivity index (χ0n) is 19.5. The number of aromatic amines is 1. The fraction of sp³-hybridized carbons (Fsp3) is 0.667. The minimum absolute atomic E-state index is 0.00974. The molecule has 4 atom stereocenters. The number of nitrogens with zero attached hydrogens (tertiary/aromatic N) is 1. The molecular weight excluding hydrogens is 430 g/mol. The highest BCUT2D eigenvalue weighted by Gasteiger charge is 2.29. The number of unbranched alkanes of at least 4 members (excludes halogenated alkanes) is 1. The molecule has 1 rings (SSSR count). The van der Waals surface area contributed by atoms with Gasteiger partial charge in [-0.2, -0.15) is 0 Å². The summed E-state index contributed by atoms with van der Waals surface area (Å²) >= 11 is 0. The predicted molar refractivity (Wildman–Crippen MR) is 122 cm³/mol. The highest BCUT2D eigenvalue weighted by atomic mass is 16.4. The minimum atomic E-state index is -1.22. The molecule has 1 aromatic heterocycles. The third-order valence-corrected chi connectivity index (χ3v) is 4.99. The van der Waals surface area contributed by atoms with E-state index in [1.165, 1.54) is 19.4 Å². The quantitative estimate of drug-likeness (QED) is 0.159. The number of nitrogens with one attached hydrogen (secondary N) is 4. The van der Waals surface area contributed by atoms with E-state index in [0.717, 1.165) is 6.42 Å². The van der Waals surface area contributed by atoms with E-state index in [-0.39, 0.29) is 12.3 Å². The third kappa shape index (κ3) is 10.4. The molecule has 33 heavy (non-hydrogen) atoms. The van der Waals surface area contributed by atoms with Gasteiger partial charge in [0.1, 0.15) is 18.1 Å². The van der Waals surface area contributed by atoms with Gasteiger partial charge in [-0.05, 0) is 38.6 Å². The van der Waals surface area contributed by atoms with Crippen LogP contribution in [0.3, 0.4) is 0 Å². The molecular formula is C21H37N7O5. The molecule has 12 heteroatoms. The molecule has 9 N–H and O–H groups in total. The number of H-pyrrole nitrogens is 1. The number of carbonyl (C=O) groups is 4. The second kappa shape index (κ2) is 14.2. The second-order valence-electron chi connectivity index (χ2n) is 8.49. The Morgan fingerprint density at radius 3 is 2.24 bits per heavy atom. The SMILES string of the molecule is CC(C)CC(NC(=O)C(N)CCCCN)C(=O)NC(C)C(=O)NC(Cc1cnc[nH]1)C(=O)O. The van der Waals surface area contributed by atoms with Crippen molar-refractivity contribution in [1.29, 1.82) is 0 Å². The lowest BCUT2D eigenvalue weighted by Gasteiger charge is -2.24. The molecule has 0 saturated heterocycles. The molecule has 186 valence electrons. The Labute approximate surface area is 193 Å².